The molecule has 0 aliphatic carbocycles. The predicted octanol–water partition coefficient (Wildman–Crippen LogP) is 0.924. The van der Waals surface area contributed by atoms with Gasteiger partial charge in [-0.3, -0.25) is 4.79 Å². The molecule has 0 aromatic rings. The fourth-order valence-electron chi connectivity index (χ4n) is 0.653. The number of carbonyl (C=O) groups is 1. The molecule has 1 N–H and O–H groups in total. The molecule has 0 aliphatic heterocycles. The van der Waals surface area contributed by atoms with Gasteiger partial charge in [0.2, 0.25) is 5.91 Å². The van der Waals surface area contributed by atoms with Gasteiger partial charge in [0.15, 0.2) is 0 Å². The summed E-state index contributed by atoms with van der Waals surface area (Å²) in [5.41, 5.74) is 0. The Morgan fingerprint density at radius 3 is 2.70 bits per heavy atom. The van der Waals surface area contributed by atoms with Crippen LogP contribution in [-0.2, 0) is 4.79 Å². The van der Waals surface area contributed by atoms with E-state index in [9.17, 15) is 4.79 Å². The Bertz CT molecular complexity index is 164. The first kappa shape index (κ1) is 9.03. The number of hydrogen-bond acceptors (Lipinski definition) is 1. The van der Waals surface area contributed by atoms with Gasteiger partial charge in [0.1, 0.15) is 0 Å². The molecule has 0 aliphatic rings. The number of amides is 1. The Morgan fingerprint density at radius 2 is 2.30 bits per heavy atom. The Morgan fingerprint density at radius 1 is 1.70 bits per heavy atom. The van der Waals surface area contributed by atoms with Gasteiger partial charge in [0.05, 0.1) is 0 Å². The minimum absolute atomic E-state index is 0.00500. The van der Waals surface area contributed by atoms with Crippen LogP contribution in [-0.4, -0.2) is 11.9 Å². The van der Waals surface area contributed by atoms with Crippen LogP contribution in [0.25, 0.3) is 0 Å². The van der Waals surface area contributed by atoms with Crippen molar-refractivity contribution in [3.05, 3.63) is 0 Å². The van der Waals surface area contributed by atoms with Crippen LogP contribution in [0.1, 0.15) is 27.2 Å². The molecule has 0 saturated carbocycles. The lowest BCUT2D eigenvalue weighted by molar-refractivity contribution is -0.119. The summed E-state index contributed by atoms with van der Waals surface area (Å²) in [6.45, 7) is 5.24. The molecule has 2 nitrogen and oxygen atoms in total. The monoisotopic (exact) mass is 139 g/mol. The highest BCUT2D eigenvalue weighted by molar-refractivity contribution is 5.73. The van der Waals surface area contributed by atoms with Crippen molar-refractivity contribution >= 4 is 5.91 Å². The zero-order chi connectivity index (χ0) is 7.98. The van der Waals surface area contributed by atoms with Gasteiger partial charge >= 0.3 is 0 Å². The van der Waals surface area contributed by atoms with Gasteiger partial charge in [0, 0.05) is 19.4 Å². The van der Waals surface area contributed by atoms with Crippen LogP contribution in [0, 0.1) is 11.8 Å². The molecule has 1 amide bonds. The van der Waals surface area contributed by atoms with Crippen LogP contribution in [0.15, 0.2) is 0 Å². The second-order valence-electron chi connectivity index (χ2n) is 2.23. The normalized spacial score (nSPS) is 11.1. The first-order chi connectivity index (χ1) is 4.66. The molecule has 0 aromatic heterocycles. The number of hydrogen-bond donors (Lipinski definition) is 1. The Kier molecular flexibility index (Phi) is 4.39. The second kappa shape index (κ2) is 4.87. The van der Waals surface area contributed by atoms with E-state index in [4.69, 9.17) is 0 Å². The van der Waals surface area contributed by atoms with Crippen molar-refractivity contribution in [1.29, 1.82) is 0 Å². The topological polar surface area (TPSA) is 29.1 Å². The van der Waals surface area contributed by atoms with Crippen molar-refractivity contribution in [2.75, 3.05) is 0 Å². The molecule has 0 spiro atoms. The van der Waals surface area contributed by atoms with E-state index in [0.29, 0.717) is 0 Å². The lowest BCUT2D eigenvalue weighted by atomic mass is 10.2. The summed E-state index contributed by atoms with van der Waals surface area (Å²) in [5.74, 6) is 5.66. The molecule has 0 rings (SSSR count). The maximum absolute atomic E-state index is 10.5. The van der Waals surface area contributed by atoms with Crippen LogP contribution in [0.4, 0.5) is 0 Å². The van der Waals surface area contributed by atoms with Gasteiger partial charge < -0.3 is 5.32 Å². The SMILES string of the molecule is CC#CCC(C)NC(C)=O. The van der Waals surface area contributed by atoms with Crippen LogP contribution < -0.4 is 5.32 Å². The zero-order valence-corrected chi connectivity index (χ0v) is 6.69. The average Bonchev–Trinajstić information content (AvgIpc) is 1.82. The van der Waals surface area contributed by atoms with Gasteiger partial charge in [-0.25, -0.2) is 0 Å². The van der Waals surface area contributed by atoms with Crippen molar-refractivity contribution < 1.29 is 4.79 Å². The summed E-state index contributed by atoms with van der Waals surface area (Å²) in [5, 5.41) is 2.74. The fourth-order valence-corrected chi connectivity index (χ4v) is 0.653. The summed E-state index contributed by atoms with van der Waals surface area (Å²) in [7, 11) is 0. The zero-order valence-electron chi connectivity index (χ0n) is 6.69. The summed E-state index contributed by atoms with van der Waals surface area (Å²) in [6, 6.07) is 0.171. The molecule has 0 bridgehead atoms. The lowest BCUT2D eigenvalue weighted by Crippen LogP contribution is -2.29. The van der Waals surface area contributed by atoms with Crippen molar-refractivity contribution in [3.63, 3.8) is 0 Å². The van der Waals surface area contributed by atoms with Gasteiger partial charge in [-0.05, 0) is 13.8 Å². The Labute approximate surface area is 62.0 Å². The third kappa shape index (κ3) is 5.17. The standard InChI is InChI=1S/C8H13NO/c1-4-5-6-7(2)9-8(3)10/h7H,6H2,1-3H3,(H,9,10). The first-order valence-corrected chi connectivity index (χ1v) is 3.33. The van der Waals surface area contributed by atoms with Gasteiger partial charge in [0.25, 0.3) is 0 Å². The Hall–Kier alpha value is -0.970. The smallest absolute Gasteiger partial charge is 0.217 e. The van der Waals surface area contributed by atoms with Crippen LogP contribution >= 0.6 is 0 Å². The van der Waals surface area contributed by atoms with Crippen molar-refractivity contribution in [3.8, 4) is 11.8 Å². The summed E-state index contributed by atoms with van der Waals surface area (Å²) in [6.07, 6.45) is 0.732. The summed E-state index contributed by atoms with van der Waals surface area (Å²) < 4.78 is 0. The molecule has 0 fully saturated rings. The highest BCUT2D eigenvalue weighted by atomic mass is 16.1. The lowest BCUT2D eigenvalue weighted by Gasteiger charge is -2.06. The number of rotatable bonds is 2. The van der Waals surface area contributed by atoms with E-state index < -0.39 is 0 Å². The number of carbonyl (C=O) groups excluding carboxylic acids is 1. The molecule has 10 heavy (non-hydrogen) atoms. The van der Waals surface area contributed by atoms with Gasteiger partial charge in [-0.15, -0.1) is 11.8 Å². The largest absolute Gasteiger partial charge is 0.353 e. The molecule has 0 aromatic carbocycles. The molecule has 0 heterocycles. The van der Waals surface area contributed by atoms with Crippen LogP contribution in [0.2, 0.25) is 0 Å². The van der Waals surface area contributed by atoms with E-state index in [-0.39, 0.29) is 11.9 Å². The maximum Gasteiger partial charge on any atom is 0.217 e. The molecule has 0 radical (unpaired) electrons. The number of nitrogens with one attached hydrogen (secondary N) is 1. The molecule has 0 saturated heterocycles. The van der Waals surface area contributed by atoms with E-state index in [2.05, 4.69) is 17.2 Å². The third-order valence-corrected chi connectivity index (χ3v) is 1.03. The van der Waals surface area contributed by atoms with Gasteiger partial charge in [-0.2, -0.15) is 0 Å². The fraction of sp³-hybridized carbons (Fsp3) is 0.625. The minimum atomic E-state index is 0.00500. The quantitative estimate of drug-likeness (QED) is 0.566. The van der Waals surface area contributed by atoms with E-state index >= 15 is 0 Å². The van der Waals surface area contributed by atoms with E-state index in [1.807, 2.05) is 6.92 Å². The first-order valence-electron chi connectivity index (χ1n) is 3.33. The van der Waals surface area contributed by atoms with Crippen molar-refractivity contribution in [2.24, 2.45) is 0 Å². The highest BCUT2D eigenvalue weighted by Gasteiger charge is 1.98. The highest BCUT2D eigenvalue weighted by Crippen LogP contribution is 1.86. The Balaban J connectivity index is 3.50. The van der Waals surface area contributed by atoms with Crippen molar-refractivity contribution in [2.45, 2.75) is 33.2 Å². The minimum Gasteiger partial charge on any atom is -0.353 e. The molecule has 2 heteroatoms. The molecule has 56 valence electrons. The van der Waals surface area contributed by atoms with E-state index in [0.717, 1.165) is 6.42 Å². The predicted molar refractivity (Wildman–Crippen MR) is 41.3 cm³/mol. The van der Waals surface area contributed by atoms with Crippen molar-refractivity contribution in [1.82, 2.24) is 5.32 Å². The molecular weight excluding hydrogens is 126 g/mol. The average molecular weight is 139 g/mol. The maximum atomic E-state index is 10.5. The molecule has 1 atom stereocenters. The van der Waals surface area contributed by atoms with E-state index in [1.165, 1.54) is 6.92 Å². The van der Waals surface area contributed by atoms with Gasteiger partial charge in [-0.1, -0.05) is 0 Å². The van der Waals surface area contributed by atoms with E-state index in [1.54, 1.807) is 6.92 Å². The summed E-state index contributed by atoms with van der Waals surface area (Å²) in [4.78, 5) is 10.5. The molecular formula is C8H13NO. The van der Waals surface area contributed by atoms with Crippen LogP contribution in [0.3, 0.4) is 0 Å². The summed E-state index contributed by atoms with van der Waals surface area (Å²) >= 11 is 0. The third-order valence-electron chi connectivity index (χ3n) is 1.03. The molecule has 1 unspecified atom stereocenters. The van der Waals surface area contributed by atoms with Crippen LogP contribution in [0.5, 0.6) is 0 Å². The second-order valence-corrected chi connectivity index (χ2v) is 2.23.